The van der Waals surface area contributed by atoms with Gasteiger partial charge in [0, 0.05) is 43.4 Å². The average molecular weight is 487 g/mol. The fourth-order valence-electron chi connectivity index (χ4n) is 4.89. The summed E-state index contributed by atoms with van der Waals surface area (Å²) in [6.07, 6.45) is 5.50. The Bertz CT molecular complexity index is 1120. The van der Waals surface area contributed by atoms with Crippen LogP contribution >= 0.6 is 11.8 Å². The quantitative estimate of drug-likeness (QED) is 0.584. The van der Waals surface area contributed by atoms with Crippen molar-refractivity contribution < 1.29 is 17.9 Å². The highest BCUT2D eigenvalue weighted by Crippen LogP contribution is 2.29. The zero-order valence-corrected chi connectivity index (χ0v) is 20.4. The highest BCUT2D eigenvalue weighted by molar-refractivity contribution is 7.99. The minimum Gasteiger partial charge on any atom is -0.377 e. The Hall–Kier alpha value is -1.87. The van der Waals surface area contributed by atoms with Crippen LogP contribution in [0, 0.1) is 0 Å². The molecule has 5 rings (SSSR count). The largest absolute Gasteiger partial charge is 0.377 e. The van der Waals surface area contributed by atoms with Gasteiger partial charge in [-0.05, 0) is 67.5 Å². The maximum Gasteiger partial charge on any atom is 0.255 e. The molecule has 0 bridgehead atoms. The summed E-state index contributed by atoms with van der Waals surface area (Å²) < 4.78 is 33.6. The first-order valence-corrected chi connectivity index (χ1v) is 14.2. The summed E-state index contributed by atoms with van der Waals surface area (Å²) in [5, 5.41) is 0. The summed E-state index contributed by atoms with van der Waals surface area (Å²) in [4.78, 5) is 16.4. The van der Waals surface area contributed by atoms with E-state index in [9.17, 15) is 13.2 Å². The smallest absolute Gasteiger partial charge is 0.255 e. The van der Waals surface area contributed by atoms with Crippen LogP contribution in [0.25, 0.3) is 0 Å². The van der Waals surface area contributed by atoms with E-state index in [4.69, 9.17) is 4.74 Å². The minimum atomic E-state index is -3.55. The summed E-state index contributed by atoms with van der Waals surface area (Å²) in [7, 11) is -3.55. The summed E-state index contributed by atoms with van der Waals surface area (Å²) in [5.74, 6) is 0.817. The van der Waals surface area contributed by atoms with Crippen molar-refractivity contribution in [1.82, 2.24) is 9.21 Å². The van der Waals surface area contributed by atoms with E-state index in [0.29, 0.717) is 36.6 Å². The van der Waals surface area contributed by atoms with Crippen molar-refractivity contribution in [3.8, 4) is 0 Å². The van der Waals surface area contributed by atoms with Gasteiger partial charge in [-0.2, -0.15) is 4.31 Å². The lowest BCUT2D eigenvalue weighted by Crippen LogP contribution is -2.50. The van der Waals surface area contributed by atoms with Crippen LogP contribution < -0.4 is 0 Å². The predicted octanol–water partition coefficient (Wildman–Crippen LogP) is 3.59. The second kappa shape index (κ2) is 9.78. The second-order valence-electron chi connectivity index (χ2n) is 8.92. The Kier molecular flexibility index (Phi) is 6.79. The van der Waals surface area contributed by atoms with Crippen molar-refractivity contribution in [3.63, 3.8) is 0 Å². The monoisotopic (exact) mass is 486 g/mol. The highest BCUT2D eigenvalue weighted by atomic mass is 32.2. The van der Waals surface area contributed by atoms with Gasteiger partial charge in [-0.25, -0.2) is 8.42 Å². The molecule has 1 atom stereocenters. The molecule has 8 heteroatoms. The Labute approximate surface area is 200 Å². The van der Waals surface area contributed by atoms with Crippen LogP contribution in [-0.4, -0.2) is 68.2 Å². The molecule has 0 unspecified atom stereocenters. The number of aryl methyl sites for hydroxylation is 2. The number of sulfonamides is 1. The molecule has 0 saturated carbocycles. The molecule has 2 fully saturated rings. The maximum atomic E-state index is 13.3. The van der Waals surface area contributed by atoms with Gasteiger partial charge in [-0.15, -0.1) is 11.8 Å². The van der Waals surface area contributed by atoms with Crippen molar-refractivity contribution in [2.45, 2.75) is 48.0 Å². The molecule has 2 saturated heterocycles. The molecular weight excluding hydrogens is 456 g/mol. The number of carbonyl (C=O) groups excluding carboxylic acids is 1. The molecule has 1 aliphatic carbocycles. The highest BCUT2D eigenvalue weighted by Gasteiger charge is 2.31. The van der Waals surface area contributed by atoms with Gasteiger partial charge in [-0.3, -0.25) is 4.79 Å². The molecule has 33 heavy (non-hydrogen) atoms. The third-order valence-electron chi connectivity index (χ3n) is 6.80. The molecule has 2 aromatic carbocycles. The molecule has 1 amide bonds. The molecule has 2 aromatic rings. The number of piperazine rings is 1. The second-order valence-corrected chi connectivity index (χ2v) is 11.9. The van der Waals surface area contributed by atoms with E-state index in [1.165, 1.54) is 9.87 Å². The molecule has 0 N–H and O–H groups in total. The number of rotatable bonds is 6. The Balaban J connectivity index is 1.23. The number of hydrogen-bond donors (Lipinski definition) is 0. The van der Waals surface area contributed by atoms with Gasteiger partial charge >= 0.3 is 0 Å². The average Bonchev–Trinajstić information content (AvgIpc) is 3.54. The summed E-state index contributed by atoms with van der Waals surface area (Å²) >= 11 is 1.67. The fourth-order valence-corrected chi connectivity index (χ4v) is 7.47. The van der Waals surface area contributed by atoms with Crippen LogP contribution in [-0.2, 0) is 27.6 Å². The van der Waals surface area contributed by atoms with Gasteiger partial charge in [-0.1, -0.05) is 18.2 Å². The number of carbonyl (C=O) groups is 1. The van der Waals surface area contributed by atoms with Crippen LogP contribution in [0.5, 0.6) is 0 Å². The van der Waals surface area contributed by atoms with Crippen molar-refractivity contribution in [2.75, 3.05) is 38.5 Å². The van der Waals surface area contributed by atoms with Crippen LogP contribution in [0.15, 0.2) is 52.3 Å². The summed E-state index contributed by atoms with van der Waals surface area (Å²) in [6.45, 7) is 2.25. The summed E-state index contributed by atoms with van der Waals surface area (Å²) in [5.41, 5.74) is 3.11. The van der Waals surface area contributed by atoms with Crippen molar-refractivity contribution in [1.29, 1.82) is 0 Å². The molecule has 0 radical (unpaired) electrons. The maximum absolute atomic E-state index is 13.3. The predicted molar refractivity (Wildman–Crippen MR) is 129 cm³/mol. The zero-order valence-electron chi connectivity index (χ0n) is 18.7. The normalized spacial score (nSPS) is 21.3. The lowest BCUT2D eigenvalue weighted by Gasteiger charge is -2.34. The third kappa shape index (κ3) is 4.85. The van der Waals surface area contributed by atoms with Crippen LogP contribution in [0.2, 0.25) is 0 Å². The van der Waals surface area contributed by atoms with E-state index in [1.54, 1.807) is 22.7 Å². The molecule has 176 valence electrons. The molecule has 0 spiro atoms. The Morgan fingerprint density at radius 3 is 2.58 bits per heavy atom. The first kappa shape index (κ1) is 22.9. The molecule has 3 aliphatic rings. The number of hydrogen-bond acceptors (Lipinski definition) is 5. The lowest BCUT2D eigenvalue weighted by atomic mass is 10.1. The first-order valence-electron chi connectivity index (χ1n) is 11.8. The summed E-state index contributed by atoms with van der Waals surface area (Å²) in [6, 6.07) is 13.2. The minimum absolute atomic E-state index is 0.0278. The van der Waals surface area contributed by atoms with Crippen LogP contribution in [0.4, 0.5) is 0 Å². The number of benzene rings is 2. The van der Waals surface area contributed by atoms with Gasteiger partial charge in [0.05, 0.1) is 16.6 Å². The number of ether oxygens (including phenoxy) is 1. The van der Waals surface area contributed by atoms with Crippen LogP contribution in [0.1, 0.15) is 40.7 Å². The SMILES string of the molecule is O=C(c1ccccc1SC[C@@H]1CCCO1)N1CCN(S(=O)(=O)c2ccc3c(c2)CCC3)CC1. The van der Waals surface area contributed by atoms with Crippen molar-refractivity contribution >= 4 is 27.7 Å². The molecule has 2 aliphatic heterocycles. The molecular formula is C25H30N2O4S2. The number of amides is 1. The Morgan fingerprint density at radius 1 is 1.00 bits per heavy atom. The van der Waals surface area contributed by atoms with E-state index >= 15 is 0 Å². The molecule has 2 heterocycles. The number of fused-ring (bicyclic) bond motifs is 1. The van der Waals surface area contributed by atoms with Gasteiger partial charge in [0.15, 0.2) is 0 Å². The standard InChI is InChI=1S/C25H30N2O4S2/c28-25(23-8-1-2-9-24(23)32-18-21-7-4-16-31-21)26-12-14-27(15-13-26)33(29,30)22-11-10-19-5-3-6-20(19)17-22/h1-2,8-11,17,21H,3-7,12-16,18H2/t21-/m0/s1. The zero-order chi connectivity index (χ0) is 22.8. The van der Waals surface area contributed by atoms with Gasteiger partial charge in [0.2, 0.25) is 10.0 Å². The fraction of sp³-hybridized carbons (Fsp3) is 0.480. The van der Waals surface area contributed by atoms with Crippen molar-refractivity contribution in [3.05, 3.63) is 59.2 Å². The first-order chi connectivity index (χ1) is 16.0. The third-order valence-corrected chi connectivity index (χ3v) is 9.90. The topological polar surface area (TPSA) is 66.9 Å². The lowest BCUT2D eigenvalue weighted by molar-refractivity contribution is 0.0694. The molecule has 6 nitrogen and oxygen atoms in total. The van der Waals surface area contributed by atoms with Gasteiger partial charge in [0.1, 0.15) is 0 Å². The van der Waals surface area contributed by atoms with Crippen LogP contribution in [0.3, 0.4) is 0 Å². The van der Waals surface area contributed by atoms with Gasteiger partial charge in [0.25, 0.3) is 5.91 Å². The van der Waals surface area contributed by atoms with E-state index in [1.807, 2.05) is 36.4 Å². The molecule has 0 aromatic heterocycles. The Morgan fingerprint density at radius 2 is 1.79 bits per heavy atom. The van der Waals surface area contributed by atoms with Gasteiger partial charge < -0.3 is 9.64 Å². The van der Waals surface area contributed by atoms with E-state index in [-0.39, 0.29) is 12.0 Å². The van der Waals surface area contributed by atoms with Crippen molar-refractivity contribution in [2.24, 2.45) is 0 Å². The number of thioether (sulfide) groups is 1. The van der Waals surface area contributed by atoms with E-state index in [2.05, 4.69) is 0 Å². The van der Waals surface area contributed by atoms with E-state index < -0.39 is 10.0 Å². The van der Waals surface area contributed by atoms with E-state index in [0.717, 1.165) is 54.9 Å². The number of nitrogens with zero attached hydrogens (tertiary/aromatic N) is 2.